The van der Waals surface area contributed by atoms with Crippen LogP contribution in [-0.4, -0.2) is 24.0 Å². The van der Waals surface area contributed by atoms with Crippen molar-refractivity contribution in [1.29, 1.82) is 0 Å². The minimum absolute atomic E-state index is 0.254. The molecule has 0 aliphatic heterocycles. The number of aromatic nitrogens is 2. The van der Waals surface area contributed by atoms with E-state index in [1.165, 1.54) is 48.0 Å². The quantitative estimate of drug-likeness (QED) is 0.418. The zero-order valence-corrected chi connectivity index (χ0v) is 19.2. The smallest absolute Gasteiger partial charge is 0.280 e. The Kier molecular flexibility index (Phi) is 6.38. The van der Waals surface area contributed by atoms with E-state index >= 15 is 0 Å². The van der Waals surface area contributed by atoms with Gasteiger partial charge in [-0.2, -0.15) is 0 Å². The topological polar surface area (TPSA) is 110 Å². The number of rotatable bonds is 7. The molecular weight excluding hydrogens is 460 g/mol. The number of thiophene rings is 1. The number of anilines is 1. The van der Waals surface area contributed by atoms with E-state index in [9.17, 15) is 18.0 Å². The minimum Gasteiger partial charge on any atom is -0.280 e. The van der Waals surface area contributed by atoms with Crippen molar-refractivity contribution in [3.63, 3.8) is 0 Å². The Morgan fingerprint density at radius 3 is 2.55 bits per heavy atom. The van der Waals surface area contributed by atoms with Gasteiger partial charge in [0.2, 0.25) is 0 Å². The molecule has 2 aromatic heterocycles. The Hall–Kier alpha value is -3.76. The molecule has 2 heterocycles. The van der Waals surface area contributed by atoms with Crippen LogP contribution in [0.4, 0.5) is 5.69 Å². The Labute approximate surface area is 194 Å². The summed E-state index contributed by atoms with van der Waals surface area (Å²) in [6.07, 6.45) is 3.56. The molecule has 1 amide bonds. The molecule has 8 nitrogen and oxygen atoms in total. The highest BCUT2D eigenvalue weighted by molar-refractivity contribution is 7.95. The van der Waals surface area contributed by atoms with Crippen LogP contribution in [0.25, 0.3) is 16.3 Å². The first kappa shape index (κ1) is 22.4. The predicted molar refractivity (Wildman–Crippen MR) is 131 cm³/mol. The highest BCUT2D eigenvalue weighted by Gasteiger charge is 2.12. The van der Waals surface area contributed by atoms with Crippen LogP contribution < -0.4 is 15.7 Å². The molecule has 4 aromatic rings. The number of benzene rings is 2. The first-order valence-electron chi connectivity index (χ1n) is 10.0. The van der Waals surface area contributed by atoms with Gasteiger partial charge >= 0.3 is 0 Å². The fraction of sp³-hybridized carbons (Fsp3) is 0.0870. The molecule has 0 fully saturated rings. The van der Waals surface area contributed by atoms with E-state index in [-0.39, 0.29) is 11.1 Å². The van der Waals surface area contributed by atoms with Crippen molar-refractivity contribution in [2.75, 3.05) is 10.1 Å². The van der Waals surface area contributed by atoms with Gasteiger partial charge < -0.3 is 0 Å². The summed E-state index contributed by atoms with van der Waals surface area (Å²) in [7, 11) is -3.73. The highest BCUT2D eigenvalue weighted by Crippen LogP contribution is 2.21. The van der Waals surface area contributed by atoms with E-state index in [1.54, 1.807) is 18.2 Å². The third kappa shape index (κ3) is 5.36. The van der Waals surface area contributed by atoms with E-state index in [0.29, 0.717) is 15.9 Å². The monoisotopic (exact) mass is 480 g/mol. The van der Waals surface area contributed by atoms with Crippen LogP contribution in [0.2, 0.25) is 0 Å². The molecule has 2 N–H and O–H groups in total. The van der Waals surface area contributed by atoms with E-state index in [4.69, 9.17) is 0 Å². The third-order valence-electron chi connectivity index (χ3n) is 4.72. The summed E-state index contributed by atoms with van der Waals surface area (Å²) in [5, 5.41) is 1.53. The minimum atomic E-state index is -3.73. The molecule has 0 atom stereocenters. The van der Waals surface area contributed by atoms with Crippen molar-refractivity contribution in [1.82, 2.24) is 9.66 Å². The van der Waals surface area contributed by atoms with Crippen LogP contribution in [0.3, 0.4) is 0 Å². The van der Waals surface area contributed by atoms with E-state index in [0.717, 1.165) is 26.9 Å². The number of nitrogens with zero attached hydrogens (tertiary/aromatic N) is 2. The number of aryl methyl sites for hydroxylation is 1. The summed E-state index contributed by atoms with van der Waals surface area (Å²) in [5.74, 6) is -0.525. The maximum atomic E-state index is 12.6. The zero-order valence-electron chi connectivity index (χ0n) is 17.6. The summed E-state index contributed by atoms with van der Waals surface area (Å²) in [6, 6.07) is 16.7. The summed E-state index contributed by atoms with van der Waals surface area (Å²) in [6.45, 7) is 1.99. The number of sulfonamides is 1. The van der Waals surface area contributed by atoms with Crippen LogP contribution in [0.15, 0.2) is 77.2 Å². The molecule has 4 rings (SSSR count). The lowest BCUT2D eigenvalue weighted by Gasteiger charge is -2.09. The number of hydrogen-bond acceptors (Lipinski definition) is 6. The fourth-order valence-corrected chi connectivity index (χ4v) is 4.82. The van der Waals surface area contributed by atoms with Gasteiger partial charge in [0.05, 0.1) is 10.8 Å². The molecule has 0 bridgehead atoms. The average Bonchev–Trinajstić information content (AvgIpc) is 3.25. The second-order valence-corrected chi connectivity index (χ2v) is 9.77. The lowest BCUT2D eigenvalue weighted by Crippen LogP contribution is -2.33. The van der Waals surface area contributed by atoms with Crippen LogP contribution in [0, 0.1) is 0 Å². The van der Waals surface area contributed by atoms with Crippen molar-refractivity contribution in [2.24, 2.45) is 0 Å². The molecular formula is C23H20N4O4S2. The van der Waals surface area contributed by atoms with Gasteiger partial charge in [-0.25, -0.2) is 18.1 Å². The Morgan fingerprint density at radius 1 is 1.12 bits per heavy atom. The molecule has 0 aliphatic carbocycles. The number of carbonyl (C=O) groups excluding carboxylic acids is 1. The standard InChI is InChI=1S/C23H20N4O4S2/c1-2-19-14-20-22(32-19)24-15-27(23(20)29)25-21(28)17-8-10-18(11-9-17)26-33(30,31)13-12-16-6-4-3-5-7-16/h3-15,26H,2H2,1H3,(H,25,28)/b13-12+. The Balaban J connectivity index is 1.45. The van der Waals surface area contributed by atoms with Crippen LogP contribution in [-0.2, 0) is 16.4 Å². The van der Waals surface area contributed by atoms with Gasteiger partial charge in [-0.15, -0.1) is 11.3 Å². The molecule has 0 spiro atoms. The largest absolute Gasteiger partial charge is 0.280 e. The van der Waals surface area contributed by atoms with Crippen molar-refractivity contribution in [2.45, 2.75) is 13.3 Å². The number of fused-ring (bicyclic) bond motifs is 1. The first-order chi connectivity index (χ1) is 15.8. The number of amides is 1. The van der Waals surface area contributed by atoms with E-state index < -0.39 is 15.9 Å². The predicted octanol–water partition coefficient (Wildman–Crippen LogP) is 3.82. The van der Waals surface area contributed by atoms with Crippen molar-refractivity contribution in [3.8, 4) is 0 Å². The van der Waals surface area contributed by atoms with Crippen molar-refractivity contribution in [3.05, 3.63) is 98.8 Å². The van der Waals surface area contributed by atoms with Gasteiger partial charge in [0.15, 0.2) is 0 Å². The Bertz CT molecular complexity index is 1490. The molecule has 10 heteroatoms. The SMILES string of the molecule is CCc1cc2c(=O)n(NC(=O)c3ccc(NS(=O)(=O)/C=C/c4ccccc4)cc3)cnc2s1. The lowest BCUT2D eigenvalue weighted by atomic mass is 10.2. The molecule has 0 saturated heterocycles. The number of carbonyl (C=O) groups is 1. The van der Waals surface area contributed by atoms with Crippen LogP contribution >= 0.6 is 11.3 Å². The zero-order chi connectivity index (χ0) is 23.4. The normalized spacial score (nSPS) is 11.7. The van der Waals surface area contributed by atoms with Crippen molar-refractivity contribution < 1.29 is 13.2 Å². The summed E-state index contributed by atoms with van der Waals surface area (Å²) < 4.78 is 28.0. The number of hydrogen-bond donors (Lipinski definition) is 2. The van der Waals surface area contributed by atoms with Crippen molar-refractivity contribution >= 4 is 49.2 Å². The summed E-state index contributed by atoms with van der Waals surface area (Å²) in [5.41, 5.74) is 3.46. The van der Waals surface area contributed by atoms with Crippen LogP contribution in [0.5, 0.6) is 0 Å². The summed E-state index contributed by atoms with van der Waals surface area (Å²) in [4.78, 5) is 31.1. The molecule has 168 valence electrons. The molecule has 2 aromatic carbocycles. The molecule has 0 unspecified atom stereocenters. The highest BCUT2D eigenvalue weighted by atomic mass is 32.2. The third-order valence-corrected chi connectivity index (χ3v) is 6.92. The van der Waals surface area contributed by atoms with Gasteiger partial charge in [-0.3, -0.25) is 19.7 Å². The molecule has 0 saturated carbocycles. The van der Waals surface area contributed by atoms with Gasteiger partial charge in [-0.1, -0.05) is 37.3 Å². The van der Waals surface area contributed by atoms with E-state index in [2.05, 4.69) is 15.1 Å². The maximum absolute atomic E-state index is 12.6. The van der Waals surface area contributed by atoms with Gasteiger partial charge in [-0.05, 0) is 48.4 Å². The second kappa shape index (κ2) is 9.39. The molecule has 0 aliphatic rings. The first-order valence-corrected chi connectivity index (χ1v) is 12.4. The van der Waals surface area contributed by atoms with Gasteiger partial charge in [0.1, 0.15) is 11.2 Å². The molecule has 0 radical (unpaired) electrons. The average molecular weight is 481 g/mol. The molecule has 33 heavy (non-hydrogen) atoms. The van der Waals surface area contributed by atoms with Gasteiger partial charge in [0.25, 0.3) is 21.5 Å². The lowest BCUT2D eigenvalue weighted by molar-refractivity contribution is 0.101. The summed E-state index contributed by atoms with van der Waals surface area (Å²) >= 11 is 1.45. The van der Waals surface area contributed by atoms with Crippen LogP contribution in [0.1, 0.15) is 27.7 Å². The second-order valence-electron chi connectivity index (χ2n) is 7.08. The number of nitrogens with one attached hydrogen (secondary N) is 2. The van der Waals surface area contributed by atoms with E-state index in [1.807, 2.05) is 25.1 Å². The maximum Gasteiger partial charge on any atom is 0.280 e. The van der Waals surface area contributed by atoms with Gasteiger partial charge in [0, 0.05) is 16.1 Å². The Morgan fingerprint density at radius 2 is 1.85 bits per heavy atom. The fourth-order valence-electron chi connectivity index (χ4n) is 3.02.